The van der Waals surface area contributed by atoms with Crippen LogP contribution in [-0.2, 0) is 0 Å². The second-order valence-electron chi connectivity index (χ2n) is 6.51. The van der Waals surface area contributed by atoms with E-state index in [1.54, 1.807) is 18.5 Å². The molecule has 1 aliphatic rings. The Bertz CT molecular complexity index is 965. The number of hydrogen-bond acceptors (Lipinski definition) is 5. The highest BCUT2D eigenvalue weighted by molar-refractivity contribution is 7.80. The Labute approximate surface area is 180 Å². The second kappa shape index (κ2) is 9.07. The highest BCUT2D eigenvalue weighted by Gasteiger charge is 2.21. The fourth-order valence-corrected chi connectivity index (χ4v) is 3.53. The van der Waals surface area contributed by atoms with Crippen molar-refractivity contribution < 1.29 is 4.74 Å². The number of nitrogens with zero attached hydrogens (tertiary/aromatic N) is 4. The molecule has 1 aliphatic heterocycles. The molecular weight excluding hydrogens is 406 g/mol. The van der Waals surface area contributed by atoms with Gasteiger partial charge in [0.15, 0.2) is 10.9 Å². The van der Waals surface area contributed by atoms with Gasteiger partial charge in [0.2, 0.25) is 5.95 Å². The molecule has 0 spiro atoms. The molecule has 8 heteroatoms. The van der Waals surface area contributed by atoms with Gasteiger partial charge >= 0.3 is 0 Å². The average Bonchev–Trinajstić information content (AvgIpc) is 2.77. The third kappa shape index (κ3) is 4.93. The minimum Gasteiger partial charge on any atom is -0.455 e. The molecule has 29 heavy (non-hydrogen) atoms. The van der Waals surface area contributed by atoms with Gasteiger partial charge in [-0.3, -0.25) is 0 Å². The van der Waals surface area contributed by atoms with Gasteiger partial charge in [-0.05, 0) is 48.6 Å². The Kier molecular flexibility index (Phi) is 6.07. The SMILES string of the molecule is S=C(Nc1cc(Cl)ccc1Oc1ccccc1)N1CCN(c2ncccn2)CC1. The lowest BCUT2D eigenvalue weighted by molar-refractivity contribution is 0.388. The summed E-state index contributed by atoms with van der Waals surface area (Å²) >= 11 is 11.8. The van der Waals surface area contributed by atoms with E-state index < -0.39 is 0 Å². The van der Waals surface area contributed by atoms with E-state index in [2.05, 4.69) is 25.1 Å². The van der Waals surface area contributed by atoms with Gasteiger partial charge in [-0.25, -0.2) is 9.97 Å². The van der Waals surface area contributed by atoms with Crippen LogP contribution in [0.4, 0.5) is 11.6 Å². The Hall–Kier alpha value is -2.90. The van der Waals surface area contributed by atoms with Crippen molar-refractivity contribution in [3.05, 3.63) is 72.0 Å². The summed E-state index contributed by atoms with van der Waals surface area (Å²) in [5.74, 6) is 2.17. The lowest BCUT2D eigenvalue weighted by Crippen LogP contribution is -2.50. The Morgan fingerprint density at radius 2 is 1.69 bits per heavy atom. The van der Waals surface area contributed by atoms with Crippen LogP contribution in [-0.4, -0.2) is 46.2 Å². The van der Waals surface area contributed by atoms with Gasteiger partial charge < -0.3 is 19.9 Å². The highest BCUT2D eigenvalue weighted by Crippen LogP contribution is 2.32. The van der Waals surface area contributed by atoms with E-state index >= 15 is 0 Å². The molecule has 4 rings (SSSR count). The maximum atomic E-state index is 6.20. The third-order valence-corrected chi connectivity index (χ3v) is 5.15. The molecule has 3 aromatic rings. The van der Waals surface area contributed by atoms with Crippen LogP contribution in [0.3, 0.4) is 0 Å². The monoisotopic (exact) mass is 425 g/mol. The number of nitrogens with one attached hydrogen (secondary N) is 1. The molecule has 0 amide bonds. The maximum Gasteiger partial charge on any atom is 0.225 e. The largest absolute Gasteiger partial charge is 0.455 e. The molecule has 1 aromatic heterocycles. The van der Waals surface area contributed by atoms with Crippen molar-refractivity contribution in [1.29, 1.82) is 0 Å². The molecule has 1 N–H and O–H groups in total. The van der Waals surface area contributed by atoms with E-state index in [0.29, 0.717) is 15.9 Å². The molecule has 0 radical (unpaired) electrons. The van der Waals surface area contributed by atoms with Crippen molar-refractivity contribution in [2.45, 2.75) is 0 Å². The summed E-state index contributed by atoms with van der Waals surface area (Å²) in [6.07, 6.45) is 3.52. The van der Waals surface area contributed by atoms with E-state index in [-0.39, 0.29) is 0 Å². The van der Waals surface area contributed by atoms with Gasteiger partial charge in [-0.2, -0.15) is 0 Å². The van der Waals surface area contributed by atoms with Crippen molar-refractivity contribution >= 4 is 40.6 Å². The van der Waals surface area contributed by atoms with Crippen molar-refractivity contribution in [2.24, 2.45) is 0 Å². The van der Waals surface area contributed by atoms with Crippen molar-refractivity contribution in [3.63, 3.8) is 0 Å². The van der Waals surface area contributed by atoms with Crippen LogP contribution in [0.25, 0.3) is 0 Å². The number of para-hydroxylation sites is 1. The zero-order valence-corrected chi connectivity index (χ0v) is 17.2. The summed E-state index contributed by atoms with van der Waals surface area (Å²) in [4.78, 5) is 12.9. The van der Waals surface area contributed by atoms with Gasteiger partial charge in [-0.15, -0.1) is 0 Å². The Morgan fingerprint density at radius 1 is 0.966 bits per heavy atom. The number of anilines is 2. The summed E-state index contributed by atoms with van der Waals surface area (Å²) in [7, 11) is 0. The number of halogens is 1. The minimum atomic E-state index is 0.613. The fourth-order valence-electron chi connectivity index (χ4n) is 3.06. The molecule has 0 atom stereocenters. The van der Waals surface area contributed by atoms with Gasteiger partial charge in [0.05, 0.1) is 5.69 Å². The lowest BCUT2D eigenvalue weighted by Gasteiger charge is -2.36. The van der Waals surface area contributed by atoms with Crippen LogP contribution >= 0.6 is 23.8 Å². The Morgan fingerprint density at radius 3 is 2.41 bits per heavy atom. The molecule has 2 aromatic carbocycles. The second-order valence-corrected chi connectivity index (χ2v) is 7.33. The summed E-state index contributed by atoms with van der Waals surface area (Å²) in [5, 5.41) is 4.54. The first kappa shape index (κ1) is 19.4. The molecule has 2 heterocycles. The first-order valence-corrected chi connectivity index (χ1v) is 10.1. The Balaban J connectivity index is 1.41. The molecule has 148 valence electrons. The van der Waals surface area contributed by atoms with Crippen molar-refractivity contribution in [1.82, 2.24) is 14.9 Å². The zero-order chi connectivity index (χ0) is 20.1. The van der Waals surface area contributed by atoms with Crippen LogP contribution in [0, 0.1) is 0 Å². The van der Waals surface area contributed by atoms with Crippen LogP contribution in [0.2, 0.25) is 5.02 Å². The van der Waals surface area contributed by atoms with Gasteiger partial charge in [0, 0.05) is 43.6 Å². The average molecular weight is 426 g/mol. The highest BCUT2D eigenvalue weighted by atomic mass is 35.5. The van der Waals surface area contributed by atoms with Crippen LogP contribution in [0.15, 0.2) is 67.0 Å². The predicted molar refractivity (Wildman–Crippen MR) is 120 cm³/mol. The number of ether oxygens (including phenoxy) is 1. The normalized spacial score (nSPS) is 13.8. The van der Waals surface area contributed by atoms with E-state index in [9.17, 15) is 0 Å². The minimum absolute atomic E-state index is 0.613. The summed E-state index contributed by atoms with van der Waals surface area (Å²) < 4.78 is 6.00. The van der Waals surface area contributed by atoms with Crippen LogP contribution < -0.4 is 15.0 Å². The predicted octanol–water partition coefficient (Wildman–Crippen LogP) is 4.44. The summed E-state index contributed by atoms with van der Waals surface area (Å²) in [6.45, 7) is 3.16. The molecule has 0 unspecified atom stereocenters. The smallest absolute Gasteiger partial charge is 0.225 e. The van der Waals surface area contributed by atoms with E-state index in [1.165, 1.54) is 0 Å². The first-order valence-electron chi connectivity index (χ1n) is 9.29. The standard InChI is InChI=1S/C21H20ClN5OS/c22-16-7-8-19(28-17-5-2-1-3-6-17)18(15-16)25-21(29)27-13-11-26(12-14-27)20-23-9-4-10-24-20/h1-10,15H,11-14H2,(H,25,29). The summed E-state index contributed by atoms with van der Waals surface area (Å²) in [5.41, 5.74) is 0.736. The van der Waals surface area contributed by atoms with E-state index in [4.69, 9.17) is 28.6 Å². The number of rotatable bonds is 4. The summed E-state index contributed by atoms with van der Waals surface area (Å²) in [6, 6.07) is 16.9. The molecule has 0 saturated carbocycles. The number of thiocarbonyl (C=S) groups is 1. The maximum absolute atomic E-state index is 6.20. The fraction of sp³-hybridized carbons (Fsp3) is 0.190. The number of piperazine rings is 1. The van der Waals surface area contributed by atoms with Gasteiger partial charge in [-0.1, -0.05) is 29.8 Å². The van der Waals surface area contributed by atoms with Crippen molar-refractivity contribution in [2.75, 3.05) is 36.4 Å². The molecular formula is C21H20ClN5OS. The first-order chi connectivity index (χ1) is 14.2. The van der Waals surface area contributed by atoms with Crippen LogP contribution in [0.1, 0.15) is 0 Å². The van der Waals surface area contributed by atoms with E-state index in [0.717, 1.165) is 43.6 Å². The quantitative estimate of drug-likeness (QED) is 0.620. The van der Waals surface area contributed by atoms with E-state index in [1.807, 2.05) is 48.5 Å². The molecule has 0 bridgehead atoms. The lowest BCUT2D eigenvalue weighted by atomic mass is 10.2. The van der Waals surface area contributed by atoms with Gasteiger partial charge in [0.25, 0.3) is 0 Å². The molecule has 0 aliphatic carbocycles. The molecule has 6 nitrogen and oxygen atoms in total. The number of aromatic nitrogens is 2. The van der Waals surface area contributed by atoms with Crippen LogP contribution in [0.5, 0.6) is 11.5 Å². The van der Waals surface area contributed by atoms with Gasteiger partial charge in [0.1, 0.15) is 5.75 Å². The van der Waals surface area contributed by atoms with Crippen molar-refractivity contribution in [3.8, 4) is 11.5 Å². The topological polar surface area (TPSA) is 53.5 Å². The number of benzene rings is 2. The molecule has 1 fully saturated rings. The third-order valence-electron chi connectivity index (χ3n) is 4.56. The molecule has 1 saturated heterocycles. The zero-order valence-electron chi connectivity index (χ0n) is 15.7. The number of hydrogen-bond donors (Lipinski definition) is 1.